The first-order valence-electron chi connectivity index (χ1n) is 7.34. The van der Waals surface area contributed by atoms with E-state index in [1.165, 1.54) is 16.8 Å². The molecule has 1 aromatic carbocycles. The van der Waals surface area contributed by atoms with E-state index in [4.69, 9.17) is 0 Å². The van der Waals surface area contributed by atoms with Crippen molar-refractivity contribution in [2.75, 3.05) is 23.3 Å². The molecule has 0 bridgehead atoms. The number of nitrogens with zero attached hydrogens (tertiary/aromatic N) is 1. The lowest BCUT2D eigenvalue weighted by atomic mass is 10.1. The number of benzene rings is 1. The minimum atomic E-state index is 0.0470. The van der Waals surface area contributed by atoms with Gasteiger partial charge >= 0.3 is 0 Å². The molecule has 2 N–H and O–H groups in total. The third-order valence-corrected chi connectivity index (χ3v) is 3.57. The van der Waals surface area contributed by atoms with Crippen molar-refractivity contribution in [3.05, 3.63) is 48.3 Å². The van der Waals surface area contributed by atoms with E-state index < -0.39 is 0 Å². The van der Waals surface area contributed by atoms with E-state index in [-0.39, 0.29) is 5.91 Å². The number of hydrogen-bond donors (Lipinski definition) is 2. The molecule has 0 saturated carbocycles. The number of hydrogen-bond acceptors (Lipinski definition) is 3. The molecular weight excluding hydrogens is 262 g/mol. The summed E-state index contributed by atoms with van der Waals surface area (Å²) in [4.78, 5) is 13.8. The zero-order valence-corrected chi connectivity index (χ0v) is 12.8. The number of carbonyl (C=O) groups is 1. The molecule has 0 unspecified atom stereocenters. The third-order valence-electron chi connectivity index (χ3n) is 3.57. The second-order valence-electron chi connectivity index (χ2n) is 5.28. The summed E-state index contributed by atoms with van der Waals surface area (Å²) in [5.74, 6) is 0.0470. The van der Waals surface area contributed by atoms with Crippen LogP contribution in [0.2, 0.25) is 0 Å². The molecule has 0 fully saturated rings. The molecule has 0 aliphatic carbocycles. The molecule has 0 aromatic heterocycles. The van der Waals surface area contributed by atoms with E-state index in [0.29, 0.717) is 6.42 Å². The lowest BCUT2D eigenvalue weighted by Gasteiger charge is -2.20. The first kappa shape index (κ1) is 15.2. The highest BCUT2D eigenvalue weighted by molar-refractivity contribution is 5.91. The minimum Gasteiger partial charge on any atom is -0.368 e. The lowest BCUT2D eigenvalue weighted by Crippen LogP contribution is -2.23. The summed E-state index contributed by atoms with van der Waals surface area (Å²) in [5.41, 5.74) is 4.67. The topological polar surface area (TPSA) is 44.4 Å². The van der Waals surface area contributed by atoms with Crippen LogP contribution in [0.3, 0.4) is 0 Å². The maximum absolute atomic E-state index is 11.5. The quantitative estimate of drug-likeness (QED) is 0.844. The molecule has 4 heteroatoms. The highest BCUT2D eigenvalue weighted by atomic mass is 16.1. The van der Waals surface area contributed by atoms with Crippen LogP contribution in [0.5, 0.6) is 0 Å². The Balaban J connectivity index is 2.12. The number of fused-ring (bicyclic) bond motifs is 1. The van der Waals surface area contributed by atoms with E-state index >= 15 is 0 Å². The SMILES string of the molecule is C=CN/C=C(\C)CN1CCc2ccc(NC(=O)CC)cc21. The van der Waals surface area contributed by atoms with E-state index in [1.807, 2.05) is 19.2 Å². The average molecular weight is 285 g/mol. The van der Waals surface area contributed by atoms with E-state index in [9.17, 15) is 4.79 Å². The van der Waals surface area contributed by atoms with Gasteiger partial charge in [0.2, 0.25) is 5.91 Å². The van der Waals surface area contributed by atoms with Crippen LogP contribution < -0.4 is 15.5 Å². The van der Waals surface area contributed by atoms with Crippen LogP contribution in [0, 0.1) is 0 Å². The van der Waals surface area contributed by atoms with Crippen molar-refractivity contribution >= 4 is 17.3 Å². The second kappa shape index (κ2) is 6.97. The van der Waals surface area contributed by atoms with Gasteiger partial charge in [0.25, 0.3) is 0 Å². The van der Waals surface area contributed by atoms with Gasteiger partial charge in [-0.1, -0.05) is 19.6 Å². The number of anilines is 2. The van der Waals surface area contributed by atoms with Gasteiger partial charge in [0.05, 0.1) is 0 Å². The first-order chi connectivity index (χ1) is 10.1. The van der Waals surface area contributed by atoms with E-state index in [2.05, 4.69) is 41.2 Å². The van der Waals surface area contributed by atoms with Gasteiger partial charge in [0.1, 0.15) is 0 Å². The third kappa shape index (κ3) is 3.88. The van der Waals surface area contributed by atoms with Crippen LogP contribution in [0.15, 0.2) is 42.8 Å². The van der Waals surface area contributed by atoms with Crippen molar-refractivity contribution in [2.24, 2.45) is 0 Å². The number of nitrogens with one attached hydrogen (secondary N) is 2. The lowest BCUT2D eigenvalue weighted by molar-refractivity contribution is -0.115. The van der Waals surface area contributed by atoms with Crippen LogP contribution in [0.1, 0.15) is 25.8 Å². The number of carbonyl (C=O) groups excluding carboxylic acids is 1. The first-order valence-corrected chi connectivity index (χ1v) is 7.34. The smallest absolute Gasteiger partial charge is 0.224 e. The fraction of sp³-hybridized carbons (Fsp3) is 0.353. The van der Waals surface area contributed by atoms with E-state index in [0.717, 1.165) is 25.2 Å². The van der Waals surface area contributed by atoms with Gasteiger partial charge in [-0.3, -0.25) is 4.79 Å². The van der Waals surface area contributed by atoms with Gasteiger partial charge in [0, 0.05) is 37.1 Å². The molecule has 0 atom stereocenters. The fourth-order valence-corrected chi connectivity index (χ4v) is 2.48. The predicted octanol–water partition coefficient (Wildman–Crippen LogP) is 3.03. The van der Waals surface area contributed by atoms with Gasteiger partial charge in [-0.15, -0.1) is 0 Å². The molecule has 1 aliphatic rings. The summed E-state index contributed by atoms with van der Waals surface area (Å²) in [7, 11) is 0. The molecule has 1 amide bonds. The Bertz CT molecular complexity index is 563. The zero-order valence-electron chi connectivity index (χ0n) is 12.8. The number of amides is 1. The van der Waals surface area contributed by atoms with Crippen LogP contribution in [-0.2, 0) is 11.2 Å². The molecule has 4 nitrogen and oxygen atoms in total. The predicted molar refractivity (Wildman–Crippen MR) is 88.4 cm³/mol. The summed E-state index contributed by atoms with van der Waals surface area (Å²) in [6.45, 7) is 9.48. The molecule has 1 aromatic rings. The largest absolute Gasteiger partial charge is 0.368 e. The van der Waals surface area contributed by atoms with Crippen LogP contribution in [0.4, 0.5) is 11.4 Å². The summed E-state index contributed by atoms with van der Waals surface area (Å²) in [6.07, 6.45) is 5.18. The Hall–Kier alpha value is -2.23. The molecular formula is C17H23N3O. The number of rotatable bonds is 6. The Morgan fingerprint density at radius 1 is 1.48 bits per heavy atom. The van der Waals surface area contributed by atoms with Crippen molar-refractivity contribution in [1.29, 1.82) is 0 Å². The van der Waals surface area contributed by atoms with E-state index in [1.54, 1.807) is 6.20 Å². The maximum atomic E-state index is 11.5. The summed E-state index contributed by atoms with van der Waals surface area (Å²) < 4.78 is 0. The Morgan fingerprint density at radius 3 is 3.00 bits per heavy atom. The van der Waals surface area contributed by atoms with Crippen LogP contribution in [0.25, 0.3) is 0 Å². The second-order valence-corrected chi connectivity index (χ2v) is 5.28. The highest BCUT2D eigenvalue weighted by Crippen LogP contribution is 2.31. The van der Waals surface area contributed by atoms with Crippen molar-refractivity contribution < 1.29 is 4.79 Å². The molecule has 0 spiro atoms. The van der Waals surface area contributed by atoms with Crippen LogP contribution >= 0.6 is 0 Å². The molecule has 21 heavy (non-hydrogen) atoms. The normalized spacial score (nSPS) is 13.8. The fourth-order valence-electron chi connectivity index (χ4n) is 2.48. The maximum Gasteiger partial charge on any atom is 0.224 e. The van der Waals surface area contributed by atoms with Gasteiger partial charge < -0.3 is 15.5 Å². The van der Waals surface area contributed by atoms with Crippen LogP contribution in [-0.4, -0.2) is 19.0 Å². The summed E-state index contributed by atoms with van der Waals surface area (Å²) in [5, 5.41) is 5.93. The monoisotopic (exact) mass is 285 g/mol. The van der Waals surface area contributed by atoms with Gasteiger partial charge in [-0.05, 0) is 42.8 Å². The highest BCUT2D eigenvalue weighted by Gasteiger charge is 2.19. The van der Waals surface area contributed by atoms with Crippen molar-refractivity contribution in [2.45, 2.75) is 26.7 Å². The summed E-state index contributed by atoms with van der Waals surface area (Å²) >= 11 is 0. The van der Waals surface area contributed by atoms with Crippen molar-refractivity contribution in [3.8, 4) is 0 Å². The minimum absolute atomic E-state index is 0.0470. The molecule has 112 valence electrons. The summed E-state index contributed by atoms with van der Waals surface area (Å²) in [6, 6.07) is 6.17. The van der Waals surface area contributed by atoms with Crippen molar-refractivity contribution in [3.63, 3.8) is 0 Å². The van der Waals surface area contributed by atoms with Crippen molar-refractivity contribution in [1.82, 2.24) is 5.32 Å². The molecule has 0 saturated heterocycles. The van der Waals surface area contributed by atoms with Gasteiger partial charge in [-0.2, -0.15) is 0 Å². The Kier molecular flexibility index (Phi) is 5.04. The zero-order chi connectivity index (χ0) is 15.2. The molecule has 1 heterocycles. The standard InChI is InChI=1S/C17H23N3O/c1-4-17(21)19-15-7-6-14-8-9-20(16(14)10-15)12-13(3)11-18-5-2/h5-7,10-11,18H,2,4,8-9,12H2,1,3H3,(H,19,21)/b13-11+. The molecule has 2 rings (SSSR count). The Morgan fingerprint density at radius 2 is 2.29 bits per heavy atom. The molecule has 1 aliphatic heterocycles. The Labute approximate surface area is 126 Å². The average Bonchev–Trinajstić information content (AvgIpc) is 2.87. The van der Waals surface area contributed by atoms with Gasteiger partial charge in [0.15, 0.2) is 0 Å². The van der Waals surface area contributed by atoms with Gasteiger partial charge in [-0.25, -0.2) is 0 Å². The molecule has 0 radical (unpaired) electrons.